The monoisotopic (exact) mass is 626 g/mol. The number of nitrogens with one attached hydrogen (secondary N) is 1. The predicted octanol–water partition coefficient (Wildman–Crippen LogP) is 4.33. The Kier molecular flexibility index (Phi) is 7.92. The molecule has 1 atom stereocenters. The van der Waals surface area contributed by atoms with Crippen LogP contribution < -0.4 is 5.32 Å². The molecule has 1 aliphatic heterocycles. The van der Waals surface area contributed by atoms with E-state index in [-0.39, 0.29) is 28.4 Å². The zero-order valence-corrected chi connectivity index (χ0v) is 24.4. The van der Waals surface area contributed by atoms with Gasteiger partial charge < -0.3 is 15.3 Å². The number of carboxylic acids is 1. The molecule has 14 heteroatoms. The number of carbonyl (C=O) groups is 3. The minimum absolute atomic E-state index is 0.0149. The van der Waals surface area contributed by atoms with Gasteiger partial charge in [0.05, 0.1) is 22.5 Å². The van der Waals surface area contributed by atoms with Crippen LogP contribution in [0.5, 0.6) is 0 Å². The van der Waals surface area contributed by atoms with Gasteiger partial charge in [0.1, 0.15) is 12.4 Å². The summed E-state index contributed by atoms with van der Waals surface area (Å²) in [6, 6.07) is 13.1. The number of amides is 2. The van der Waals surface area contributed by atoms with Gasteiger partial charge in [-0.15, -0.1) is 5.10 Å². The molecule has 6 rings (SSSR count). The topological polar surface area (TPSA) is 148 Å². The van der Waals surface area contributed by atoms with Crippen molar-refractivity contribution >= 4 is 41.1 Å². The minimum Gasteiger partial charge on any atom is -0.478 e. The fourth-order valence-electron chi connectivity index (χ4n) is 5.36. The van der Waals surface area contributed by atoms with Crippen molar-refractivity contribution in [2.45, 2.75) is 12.5 Å². The first-order valence-electron chi connectivity index (χ1n) is 13.7. The molecule has 2 N–H and O–H groups in total. The summed E-state index contributed by atoms with van der Waals surface area (Å²) in [5.74, 6) is -2.92. The number of benzene rings is 3. The Morgan fingerprint density at radius 3 is 2.60 bits per heavy atom. The molecule has 1 unspecified atom stereocenters. The average Bonchev–Trinajstić information content (AvgIpc) is 3.73. The highest BCUT2D eigenvalue weighted by atomic mass is 35.5. The summed E-state index contributed by atoms with van der Waals surface area (Å²) in [6.45, 7) is 0.182. The molecule has 3 heterocycles. The molecule has 3 aromatic carbocycles. The fraction of sp³-hybridized carbons (Fsp3) is 0.129. The lowest BCUT2D eigenvalue weighted by Gasteiger charge is -2.36. The number of carboxylic acid groups (broad SMARTS) is 1. The number of aromatic nitrogens is 6. The number of nitrogens with zero attached hydrogens (tertiary/aromatic N) is 7. The van der Waals surface area contributed by atoms with Crippen molar-refractivity contribution in [2.24, 2.45) is 7.05 Å². The van der Waals surface area contributed by atoms with Crippen LogP contribution in [0.15, 0.2) is 79.4 Å². The van der Waals surface area contributed by atoms with Crippen LogP contribution in [0.25, 0.3) is 22.9 Å². The predicted molar refractivity (Wildman–Crippen MR) is 162 cm³/mol. The normalized spacial score (nSPS) is 14.4. The van der Waals surface area contributed by atoms with Crippen molar-refractivity contribution in [1.82, 2.24) is 34.9 Å². The highest BCUT2D eigenvalue weighted by Gasteiger charge is 2.36. The zero-order valence-electron chi connectivity index (χ0n) is 23.6. The number of tetrazole rings is 1. The first-order chi connectivity index (χ1) is 21.7. The second-order valence-corrected chi connectivity index (χ2v) is 10.6. The molecule has 0 bridgehead atoms. The van der Waals surface area contributed by atoms with E-state index in [2.05, 4.69) is 25.9 Å². The Hall–Kier alpha value is -5.69. The third kappa shape index (κ3) is 5.80. The number of fused-ring (bicyclic) bond motifs is 1. The van der Waals surface area contributed by atoms with E-state index < -0.39 is 29.6 Å². The molecule has 0 fully saturated rings. The maximum absolute atomic E-state index is 15.2. The van der Waals surface area contributed by atoms with Crippen LogP contribution in [-0.2, 0) is 23.1 Å². The molecule has 0 aliphatic carbocycles. The summed E-state index contributed by atoms with van der Waals surface area (Å²) in [6.07, 6.45) is 7.79. The van der Waals surface area contributed by atoms with E-state index in [1.165, 1.54) is 64.5 Å². The van der Waals surface area contributed by atoms with Crippen molar-refractivity contribution in [3.8, 4) is 16.8 Å². The van der Waals surface area contributed by atoms with E-state index in [0.29, 0.717) is 17.7 Å². The van der Waals surface area contributed by atoms with Crippen molar-refractivity contribution in [3.63, 3.8) is 0 Å². The highest BCUT2D eigenvalue weighted by Crippen LogP contribution is 2.37. The van der Waals surface area contributed by atoms with Gasteiger partial charge in [0.15, 0.2) is 5.82 Å². The van der Waals surface area contributed by atoms with Gasteiger partial charge in [-0.2, -0.15) is 9.78 Å². The molecule has 0 saturated heterocycles. The standard InChI is InChI=1S/C31H24ClFN8O4/c1-39-16-19(15-35-39)21-3-2-4-23-22(21)13-14-40(29(23)30(43)36-20-7-5-18(6-8-20)31(44)45)27(42)12-9-24-26(41-17-34-37-38-41)11-10-25(32)28(24)33/h2-12,15-17,29H,13-14H2,1H3,(H,36,43)(H,44,45)/b12-9+. The van der Waals surface area contributed by atoms with Gasteiger partial charge in [0.25, 0.3) is 5.91 Å². The van der Waals surface area contributed by atoms with E-state index in [1.54, 1.807) is 16.9 Å². The van der Waals surface area contributed by atoms with Gasteiger partial charge in [-0.25, -0.2) is 9.18 Å². The molecular weight excluding hydrogens is 603 g/mol. The van der Waals surface area contributed by atoms with Crippen LogP contribution in [0.4, 0.5) is 10.1 Å². The number of carbonyl (C=O) groups excluding carboxylic acids is 2. The smallest absolute Gasteiger partial charge is 0.335 e. The second kappa shape index (κ2) is 12.1. The molecule has 226 valence electrons. The Morgan fingerprint density at radius 2 is 1.91 bits per heavy atom. The molecule has 12 nitrogen and oxygen atoms in total. The molecule has 45 heavy (non-hydrogen) atoms. The number of aromatic carboxylic acids is 1. The maximum atomic E-state index is 15.2. The van der Waals surface area contributed by atoms with Gasteiger partial charge in [-0.05, 0) is 76.0 Å². The maximum Gasteiger partial charge on any atom is 0.335 e. The Balaban J connectivity index is 1.38. The molecule has 2 aromatic heterocycles. The van der Waals surface area contributed by atoms with Crippen LogP contribution in [0, 0.1) is 5.82 Å². The van der Waals surface area contributed by atoms with E-state index in [9.17, 15) is 19.5 Å². The summed E-state index contributed by atoms with van der Waals surface area (Å²) in [5.41, 5.74) is 3.93. The molecule has 5 aromatic rings. The number of halogens is 2. The van der Waals surface area contributed by atoms with Gasteiger partial charge in [-0.3, -0.25) is 14.3 Å². The lowest BCUT2D eigenvalue weighted by atomic mass is 9.86. The van der Waals surface area contributed by atoms with Crippen LogP contribution in [-0.4, -0.2) is 64.3 Å². The van der Waals surface area contributed by atoms with E-state index in [4.69, 9.17) is 11.6 Å². The van der Waals surface area contributed by atoms with Crippen molar-refractivity contribution < 1.29 is 23.9 Å². The van der Waals surface area contributed by atoms with Gasteiger partial charge in [0.2, 0.25) is 5.91 Å². The Morgan fingerprint density at radius 1 is 1.11 bits per heavy atom. The average molecular weight is 627 g/mol. The van der Waals surface area contributed by atoms with Crippen molar-refractivity contribution in [3.05, 3.63) is 112 Å². The lowest BCUT2D eigenvalue weighted by Crippen LogP contribution is -2.45. The minimum atomic E-state index is -1.10. The Bertz CT molecular complexity index is 1960. The zero-order chi connectivity index (χ0) is 31.7. The first-order valence-corrected chi connectivity index (χ1v) is 14.0. The highest BCUT2D eigenvalue weighted by molar-refractivity contribution is 6.31. The van der Waals surface area contributed by atoms with Crippen molar-refractivity contribution in [1.29, 1.82) is 0 Å². The number of aryl methyl sites for hydroxylation is 1. The molecule has 0 radical (unpaired) electrons. The quantitative estimate of drug-likeness (QED) is 0.254. The third-order valence-electron chi connectivity index (χ3n) is 7.47. The third-order valence-corrected chi connectivity index (χ3v) is 7.76. The van der Waals surface area contributed by atoms with Crippen molar-refractivity contribution in [2.75, 3.05) is 11.9 Å². The first kappa shape index (κ1) is 29.4. The number of anilines is 1. The van der Waals surface area contributed by atoms with E-state index in [1.807, 2.05) is 25.4 Å². The summed E-state index contributed by atoms with van der Waals surface area (Å²) >= 11 is 6.05. The second-order valence-electron chi connectivity index (χ2n) is 10.2. The van der Waals surface area contributed by atoms with Gasteiger partial charge in [0, 0.05) is 42.7 Å². The summed E-state index contributed by atoms with van der Waals surface area (Å²) < 4.78 is 18.1. The molecule has 1 aliphatic rings. The number of hydrogen-bond donors (Lipinski definition) is 2. The lowest BCUT2D eigenvalue weighted by molar-refractivity contribution is -0.135. The van der Waals surface area contributed by atoms with Crippen LogP contribution >= 0.6 is 11.6 Å². The summed E-state index contributed by atoms with van der Waals surface area (Å²) in [7, 11) is 1.81. The molecule has 2 amide bonds. The van der Waals surface area contributed by atoms with Crippen LogP contribution in [0.2, 0.25) is 5.02 Å². The SMILES string of the molecule is Cn1cc(-c2cccc3c2CCN(C(=O)/C=C/c2c(-n4cnnn4)ccc(Cl)c2F)C3C(=O)Nc2ccc(C(=O)O)cc2)cn1. The molecular formula is C31H24ClFN8O4. The van der Waals surface area contributed by atoms with Crippen LogP contribution in [0.1, 0.15) is 33.1 Å². The Labute approximate surface area is 260 Å². The summed E-state index contributed by atoms with van der Waals surface area (Å²) in [4.78, 5) is 40.4. The van der Waals surface area contributed by atoms with E-state index >= 15 is 4.39 Å². The number of hydrogen-bond acceptors (Lipinski definition) is 7. The number of rotatable bonds is 7. The summed E-state index contributed by atoms with van der Waals surface area (Å²) in [5, 5.41) is 27.2. The van der Waals surface area contributed by atoms with Crippen LogP contribution in [0.3, 0.4) is 0 Å². The van der Waals surface area contributed by atoms with Gasteiger partial charge >= 0.3 is 5.97 Å². The largest absolute Gasteiger partial charge is 0.478 e. The molecule has 0 spiro atoms. The molecule has 0 saturated carbocycles. The van der Waals surface area contributed by atoms with E-state index in [0.717, 1.165) is 16.7 Å². The van der Waals surface area contributed by atoms with Gasteiger partial charge in [-0.1, -0.05) is 29.8 Å². The fourth-order valence-corrected chi connectivity index (χ4v) is 5.53.